The van der Waals surface area contributed by atoms with Crippen LogP contribution in [-0.2, 0) is 0 Å². The van der Waals surface area contributed by atoms with Crippen molar-refractivity contribution in [3.63, 3.8) is 0 Å². The molecule has 0 heterocycles. The Hall–Kier alpha value is 0.583. The van der Waals surface area contributed by atoms with Crippen LogP contribution in [0.3, 0.4) is 0 Å². The Bertz CT molecular complexity index is 415. The van der Waals surface area contributed by atoms with Gasteiger partial charge in [0.15, 0.2) is 0 Å². The Morgan fingerprint density at radius 1 is 0.895 bits per heavy atom. The average molecular weight is 527 g/mol. The summed E-state index contributed by atoms with van der Waals surface area (Å²) in [5.41, 5.74) is 0. The topological polar surface area (TPSA) is 6.48 Å². The number of hydrogen-bond donors (Lipinski definition) is 0. The van der Waals surface area contributed by atoms with Gasteiger partial charge in [-0.15, -0.1) is 0 Å². The molecule has 104 valence electrons. The van der Waals surface area contributed by atoms with E-state index in [2.05, 4.69) is 30.3 Å². The van der Waals surface area contributed by atoms with Gasteiger partial charge in [-0.2, -0.15) is 0 Å². The van der Waals surface area contributed by atoms with Crippen LogP contribution in [0.1, 0.15) is 0 Å². The van der Waals surface area contributed by atoms with Gasteiger partial charge in [0, 0.05) is 0 Å². The molecule has 0 atom stereocenters. The zero-order chi connectivity index (χ0) is 14.4. The van der Waals surface area contributed by atoms with Crippen LogP contribution in [0.4, 0.5) is 0 Å². The van der Waals surface area contributed by atoms with Crippen LogP contribution < -0.4 is 3.27 Å². The van der Waals surface area contributed by atoms with E-state index < -0.39 is 18.8 Å². The van der Waals surface area contributed by atoms with Gasteiger partial charge in [0.25, 0.3) is 0 Å². The van der Waals surface area contributed by atoms with Gasteiger partial charge in [-0.3, -0.25) is 0 Å². The Morgan fingerprint density at radius 2 is 1.32 bits per heavy atom. The number of nitrogens with zero attached hydrogens (tertiary/aromatic N) is 2. The van der Waals surface area contributed by atoms with Gasteiger partial charge in [-0.05, 0) is 0 Å². The summed E-state index contributed by atoms with van der Waals surface area (Å²) in [5.74, 6) is 0. The molecule has 1 rings (SSSR count). The molecular formula is C12H17BiN2S4. The van der Waals surface area contributed by atoms with Gasteiger partial charge >= 0.3 is 141 Å². The second-order valence-corrected chi connectivity index (χ2v) is 23.2. The second-order valence-electron chi connectivity index (χ2n) is 4.10. The first-order chi connectivity index (χ1) is 8.91. The van der Waals surface area contributed by atoms with Crippen molar-refractivity contribution in [2.75, 3.05) is 28.2 Å². The fourth-order valence-electron chi connectivity index (χ4n) is 0.979. The van der Waals surface area contributed by atoms with Crippen LogP contribution in [0.15, 0.2) is 30.3 Å². The summed E-state index contributed by atoms with van der Waals surface area (Å²) < 4.78 is 3.34. The third-order valence-corrected chi connectivity index (χ3v) is 26.0. The monoisotopic (exact) mass is 526 g/mol. The molecule has 0 unspecified atom stereocenters. The van der Waals surface area contributed by atoms with Crippen molar-refractivity contribution >= 4 is 72.2 Å². The standard InChI is InChI=1S/C6H5.2C3H7NS2.Bi/c1-2-4-6-5-3-1;2*1-4(2)3(5)6;/h1-5H;2*1-2H3,(H,5,6);/q;;;+2/p-2. The molecule has 1 aromatic rings. The van der Waals surface area contributed by atoms with Crippen molar-refractivity contribution in [2.45, 2.75) is 0 Å². The summed E-state index contributed by atoms with van der Waals surface area (Å²) in [6.45, 7) is 0. The van der Waals surface area contributed by atoms with E-state index in [1.807, 2.05) is 55.0 Å². The van der Waals surface area contributed by atoms with E-state index in [4.69, 9.17) is 24.4 Å². The fourth-order valence-corrected chi connectivity index (χ4v) is 26.7. The Morgan fingerprint density at radius 3 is 1.68 bits per heavy atom. The second kappa shape index (κ2) is 8.78. The van der Waals surface area contributed by atoms with Crippen LogP contribution in [0.25, 0.3) is 0 Å². The molecule has 0 aliphatic rings. The summed E-state index contributed by atoms with van der Waals surface area (Å²) in [4.78, 5) is 4.01. The molecule has 0 bridgehead atoms. The van der Waals surface area contributed by atoms with Crippen molar-refractivity contribution in [2.24, 2.45) is 0 Å². The molecule has 0 aliphatic heterocycles. The van der Waals surface area contributed by atoms with E-state index in [1.165, 1.54) is 3.27 Å². The predicted molar refractivity (Wildman–Crippen MR) is 99.6 cm³/mol. The Kier molecular flexibility index (Phi) is 8.15. The number of thiocarbonyl (C=S) groups is 2. The van der Waals surface area contributed by atoms with E-state index in [-0.39, 0.29) is 0 Å². The van der Waals surface area contributed by atoms with E-state index in [0.29, 0.717) is 0 Å². The molecule has 0 saturated heterocycles. The molecule has 0 aromatic heterocycles. The SMILES string of the molecule is CN(C)C(=S)[S][Bi]([S]C(=S)N(C)C)[c]1ccccc1. The van der Waals surface area contributed by atoms with Crippen molar-refractivity contribution in [3.8, 4) is 0 Å². The summed E-state index contributed by atoms with van der Waals surface area (Å²) >= 11 is 8.81. The molecule has 0 fully saturated rings. The molecule has 0 amide bonds. The maximum absolute atomic E-state index is 5.44. The molecule has 1 aromatic carbocycles. The van der Waals surface area contributed by atoms with Crippen LogP contribution in [0, 0.1) is 0 Å². The minimum absolute atomic E-state index is 0.954. The van der Waals surface area contributed by atoms with Gasteiger partial charge < -0.3 is 0 Å². The van der Waals surface area contributed by atoms with E-state index in [1.54, 1.807) is 0 Å². The summed E-state index contributed by atoms with van der Waals surface area (Å²) in [6.07, 6.45) is 0. The third kappa shape index (κ3) is 6.26. The van der Waals surface area contributed by atoms with Crippen molar-refractivity contribution < 1.29 is 0 Å². The molecule has 0 aliphatic carbocycles. The molecule has 0 radical (unpaired) electrons. The van der Waals surface area contributed by atoms with Gasteiger partial charge in [0.2, 0.25) is 0 Å². The first-order valence-electron chi connectivity index (χ1n) is 5.55. The Balaban J connectivity index is 2.85. The van der Waals surface area contributed by atoms with Crippen molar-refractivity contribution in [1.29, 1.82) is 0 Å². The first kappa shape index (κ1) is 17.6. The van der Waals surface area contributed by atoms with Gasteiger partial charge in [0.1, 0.15) is 0 Å². The molecule has 0 spiro atoms. The van der Waals surface area contributed by atoms with Crippen molar-refractivity contribution in [3.05, 3.63) is 30.3 Å². The van der Waals surface area contributed by atoms with Crippen LogP contribution in [0.2, 0.25) is 0 Å². The molecule has 7 heteroatoms. The summed E-state index contributed by atoms with van der Waals surface area (Å²) in [7, 11) is 11.7. The van der Waals surface area contributed by atoms with E-state index in [9.17, 15) is 0 Å². The van der Waals surface area contributed by atoms with Gasteiger partial charge in [-0.25, -0.2) is 0 Å². The summed E-state index contributed by atoms with van der Waals surface area (Å²) in [6, 6.07) is 10.6. The van der Waals surface area contributed by atoms with Gasteiger partial charge in [-0.1, -0.05) is 0 Å². The van der Waals surface area contributed by atoms with Gasteiger partial charge in [0.05, 0.1) is 0 Å². The first-order valence-corrected chi connectivity index (χ1v) is 18.2. The third-order valence-electron chi connectivity index (χ3n) is 2.02. The van der Waals surface area contributed by atoms with E-state index >= 15 is 0 Å². The number of benzene rings is 1. The quantitative estimate of drug-likeness (QED) is 0.438. The number of hydrogen-bond acceptors (Lipinski definition) is 4. The molecule has 2 nitrogen and oxygen atoms in total. The normalized spacial score (nSPS) is 10.4. The van der Waals surface area contributed by atoms with Crippen molar-refractivity contribution in [1.82, 2.24) is 9.80 Å². The van der Waals surface area contributed by atoms with Crippen LogP contribution >= 0.6 is 41.5 Å². The minimum atomic E-state index is -2.07. The van der Waals surface area contributed by atoms with Crippen LogP contribution in [-0.4, -0.2) is 65.5 Å². The molecule has 0 N–H and O–H groups in total. The Labute approximate surface area is 139 Å². The maximum atomic E-state index is 5.44. The number of rotatable bonds is 3. The van der Waals surface area contributed by atoms with Crippen LogP contribution in [0.5, 0.6) is 0 Å². The zero-order valence-electron chi connectivity index (χ0n) is 11.4. The van der Waals surface area contributed by atoms with E-state index in [0.717, 1.165) is 8.64 Å². The molecule has 19 heavy (non-hydrogen) atoms. The zero-order valence-corrected chi connectivity index (χ0v) is 18.1. The molecular weight excluding hydrogens is 509 g/mol. The summed E-state index contributed by atoms with van der Waals surface area (Å²) in [5, 5.41) is 0. The molecule has 0 saturated carbocycles. The predicted octanol–water partition coefficient (Wildman–Crippen LogP) is 2.54. The average Bonchev–Trinajstić information content (AvgIpc) is 2.38. The fraction of sp³-hybridized carbons (Fsp3) is 0.333.